The molecule has 2 N–H and O–H groups in total. The summed E-state index contributed by atoms with van der Waals surface area (Å²) >= 11 is 0. The van der Waals surface area contributed by atoms with Crippen molar-refractivity contribution in [2.75, 3.05) is 39.6 Å². The van der Waals surface area contributed by atoms with Crippen molar-refractivity contribution in [1.29, 1.82) is 0 Å². The number of fused-ring (bicyclic) bond motifs is 1. The van der Waals surface area contributed by atoms with Crippen molar-refractivity contribution in [2.45, 2.75) is 31.6 Å². The Labute approximate surface area is 182 Å². The number of nitrogens with one attached hydrogen (secondary N) is 2. The number of hydrogen-bond acceptors (Lipinski definition) is 4. The Hall–Kier alpha value is -2.80. The minimum atomic E-state index is -0.215. The average Bonchev–Trinajstić information content (AvgIpc) is 3.26. The molecule has 1 fully saturated rings. The second-order valence-corrected chi connectivity index (χ2v) is 7.96. The normalized spacial score (nSPS) is 17.4. The van der Waals surface area contributed by atoms with E-state index in [0.717, 1.165) is 55.4 Å². The quantitative estimate of drug-likeness (QED) is 0.524. The molecule has 0 saturated carbocycles. The lowest BCUT2D eigenvalue weighted by atomic mass is 9.74. The van der Waals surface area contributed by atoms with Crippen LogP contribution in [0.1, 0.15) is 30.9 Å². The molecule has 6 nitrogen and oxygen atoms in total. The monoisotopic (exact) mass is 427 g/mol. The number of rotatable bonds is 7. The van der Waals surface area contributed by atoms with Gasteiger partial charge in [0.05, 0.1) is 6.54 Å². The molecule has 0 radical (unpaired) electrons. The highest BCUT2D eigenvalue weighted by Crippen LogP contribution is 2.35. The molecule has 2 aromatic carbocycles. The van der Waals surface area contributed by atoms with Gasteiger partial charge in [0.25, 0.3) is 0 Å². The van der Waals surface area contributed by atoms with E-state index < -0.39 is 0 Å². The minimum Gasteiger partial charge on any atom is -0.454 e. The molecule has 0 atom stereocenters. The van der Waals surface area contributed by atoms with Crippen LogP contribution in [0.5, 0.6) is 11.5 Å². The first-order valence-corrected chi connectivity index (χ1v) is 10.9. The van der Waals surface area contributed by atoms with Crippen LogP contribution in [0.25, 0.3) is 0 Å². The zero-order valence-corrected chi connectivity index (χ0v) is 18.0. The van der Waals surface area contributed by atoms with E-state index >= 15 is 0 Å². The van der Waals surface area contributed by atoms with Crippen LogP contribution in [0.15, 0.2) is 47.5 Å². The maximum atomic E-state index is 13.5. The molecule has 0 bridgehead atoms. The van der Waals surface area contributed by atoms with Crippen LogP contribution >= 0.6 is 0 Å². The van der Waals surface area contributed by atoms with Gasteiger partial charge in [0.2, 0.25) is 6.79 Å². The zero-order chi connectivity index (χ0) is 21.5. The lowest BCUT2D eigenvalue weighted by molar-refractivity contribution is 0.0531. The van der Waals surface area contributed by atoms with E-state index in [4.69, 9.17) is 19.2 Å². The molecule has 7 heteroatoms. The van der Waals surface area contributed by atoms with E-state index in [1.54, 1.807) is 0 Å². The highest BCUT2D eigenvalue weighted by molar-refractivity contribution is 5.79. The molecule has 4 rings (SSSR count). The predicted octanol–water partition coefficient (Wildman–Crippen LogP) is 3.40. The summed E-state index contributed by atoms with van der Waals surface area (Å²) in [5.74, 6) is 2.18. The largest absolute Gasteiger partial charge is 0.454 e. The van der Waals surface area contributed by atoms with Crippen LogP contribution in [0.4, 0.5) is 4.39 Å². The summed E-state index contributed by atoms with van der Waals surface area (Å²) in [5.41, 5.74) is 2.17. The van der Waals surface area contributed by atoms with Crippen molar-refractivity contribution in [3.05, 3.63) is 59.4 Å². The second kappa shape index (κ2) is 10.0. The van der Waals surface area contributed by atoms with Gasteiger partial charge in [-0.15, -0.1) is 0 Å². The Morgan fingerprint density at radius 2 is 1.81 bits per heavy atom. The van der Waals surface area contributed by atoms with E-state index in [1.807, 2.05) is 24.3 Å². The van der Waals surface area contributed by atoms with Crippen LogP contribution < -0.4 is 20.1 Å². The fraction of sp³-hybridized carbons (Fsp3) is 0.458. The molecule has 0 spiro atoms. The van der Waals surface area contributed by atoms with Gasteiger partial charge in [-0.05, 0) is 61.6 Å². The molecule has 2 aliphatic heterocycles. The molecule has 0 aromatic heterocycles. The number of aliphatic imine (C=N–C) groups is 1. The maximum Gasteiger partial charge on any atom is 0.231 e. The zero-order valence-electron chi connectivity index (χ0n) is 18.0. The molecular formula is C24H30FN3O3. The highest BCUT2D eigenvalue weighted by Gasteiger charge is 2.34. The second-order valence-electron chi connectivity index (χ2n) is 7.96. The summed E-state index contributed by atoms with van der Waals surface area (Å²) in [4.78, 5) is 4.90. The summed E-state index contributed by atoms with van der Waals surface area (Å²) in [5, 5.41) is 6.76. The molecule has 0 aliphatic carbocycles. The van der Waals surface area contributed by atoms with Crippen LogP contribution in [0.3, 0.4) is 0 Å². The number of nitrogens with zero attached hydrogens (tertiary/aromatic N) is 1. The maximum absolute atomic E-state index is 13.5. The smallest absolute Gasteiger partial charge is 0.231 e. The van der Waals surface area contributed by atoms with Gasteiger partial charge in [-0.1, -0.05) is 18.2 Å². The van der Waals surface area contributed by atoms with Crippen molar-refractivity contribution in [1.82, 2.24) is 10.6 Å². The SMILES string of the molecule is CCNC(=NCC1(c2ccc(F)cc2)CCOCC1)NCCc1ccc2c(c1)OCO2. The Kier molecular flexibility index (Phi) is 6.92. The molecule has 2 aromatic rings. The van der Waals surface area contributed by atoms with E-state index in [-0.39, 0.29) is 18.0 Å². The summed E-state index contributed by atoms with van der Waals surface area (Å²) < 4.78 is 29.9. The number of guanidine groups is 1. The summed E-state index contributed by atoms with van der Waals surface area (Å²) in [7, 11) is 0. The molecule has 0 amide bonds. The molecule has 2 aliphatic rings. The van der Waals surface area contributed by atoms with Crippen LogP contribution in [0.2, 0.25) is 0 Å². The standard InChI is InChI=1S/C24H30FN3O3/c1-2-26-23(27-12-9-18-3-8-21-22(15-18)31-17-30-21)28-16-24(10-13-29-14-11-24)19-4-6-20(25)7-5-19/h3-8,15H,2,9-14,16-17H2,1H3,(H2,26,27,28). The van der Waals surface area contributed by atoms with Gasteiger partial charge in [0.1, 0.15) is 5.82 Å². The molecule has 0 unspecified atom stereocenters. The van der Waals surface area contributed by atoms with Crippen molar-refractivity contribution >= 4 is 5.96 Å². The molecule has 31 heavy (non-hydrogen) atoms. The topological polar surface area (TPSA) is 64.1 Å². The molecule has 2 heterocycles. The number of benzene rings is 2. The first-order chi connectivity index (χ1) is 15.2. The van der Waals surface area contributed by atoms with Gasteiger partial charge in [0, 0.05) is 31.7 Å². The van der Waals surface area contributed by atoms with Crippen molar-refractivity contribution in [3.8, 4) is 11.5 Å². The number of hydrogen-bond donors (Lipinski definition) is 2. The lowest BCUT2D eigenvalue weighted by Crippen LogP contribution is -2.41. The Balaban J connectivity index is 1.41. The first-order valence-electron chi connectivity index (χ1n) is 10.9. The van der Waals surface area contributed by atoms with Crippen molar-refractivity contribution < 1.29 is 18.6 Å². The van der Waals surface area contributed by atoms with Crippen LogP contribution in [-0.4, -0.2) is 45.6 Å². The fourth-order valence-electron chi connectivity index (χ4n) is 4.10. The third kappa shape index (κ3) is 5.28. The first kappa shape index (κ1) is 21.4. The summed E-state index contributed by atoms with van der Waals surface area (Å²) in [6.45, 7) is 5.89. The van der Waals surface area contributed by atoms with E-state index in [1.165, 1.54) is 17.7 Å². The summed E-state index contributed by atoms with van der Waals surface area (Å²) in [6, 6.07) is 12.9. The van der Waals surface area contributed by atoms with Gasteiger partial charge in [-0.25, -0.2) is 4.39 Å². The third-order valence-electron chi connectivity index (χ3n) is 5.93. The van der Waals surface area contributed by atoms with E-state index in [2.05, 4.69) is 23.6 Å². The minimum absolute atomic E-state index is 0.133. The number of halogens is 1. The fourth-order valence-corrected chi connectivity index (χ4v) is 4.10. The predicted molar refractivity (Wildman–Crippen MR) is 118 cm³/mol. The van der Waals surface area contributed by atoms with E-state index in [0.29, 0.717) is 19.8 Å². The lowest BCUT2D eigenvalue weighted by Gasteiger charge is -2.36. The number of ether oxygens (including phenoxy) is 3. The van der Waals surface area contributed by atoms with Gasteiger partial charge in [0.15, 0.2) is 17.5 Å². The van der Waals surface area contributed by atoms with Gasteiger partial charge in [-0.3, -0.25) is 4.99 Å². The van der Waals surface area contributed by atoms with Crippen molar-refractivity contribution in [3.63, 3.8) is 0 Å². The van der Waals surface area contributed by atoms with Gasteiger partial charge < -0.3 is 24.8 Å². The van der Waals surface area contributed by atoms with Gasteiger partial charge in [-0.2, -0.15) is 0 Å². The van der Waals surface area contributed by atoms with E-state index in [9.17, 15) is 4.39 Å². The molecule has 166 valence electrons. The highest BCUT2D eigenvalue weighted by atomic mass is 19.1. The Morgan fingerprint density at radius 3 is 2.58 bits per heavy atom. The van der Waals surface area contributed by atoms with Gasteiger partial charge >= 0.3 is 0 Å². The Morgan fingerprint density at radius 1 is 1.03 bits per heavy atom. The third-order valence-corrected chi connectivity index (χ3v) is 5.93. The summed E-state index contributed by atoms with van der Waals surface area (Å²) in [6.07, 6.45) is 2.59. The Bertz CT molecular complexity index is 895. The van der Waals surface area contributed by atoms with Crippen molar-refractivity contribution in [2.24, 2.45) is 4.99 Å². The van der Waals surface area contributed by atoms with Crippen LogP contribution in [0, 0.1) is 5.82 Å². The average molecular weight is 428 g/mol. The molecular weight excluding hydrogens is 397 g/mol. The van der Waals surface area contributed by atoms with Crippen LogP contribution in [-0.2, 0) is 16.6 Å². The molecule has 1 saturated heterocycles.